The van der Waals surface area contributed by atoms with Gasteiger partial charge in [0.1, 0.15) is 36.4 Å². The first-order valence-corrected chi connectivity index (χ1v) is 30.0. The van der Waals surface area contributed by atoms with Crippen molar-refractivity contribution in [3.63, 3.8) is 0 Å². The van der Waals surface area contributed by atoms with Gasteiger partial charge in [-0.25, -0.2) is 4.79 Å². The Morgan fingerprint density at radius 3 is 1.98 bits per heavy atom. The zero-order valence-corrected chi connectivity index (χ0v) is 52.2. The van der Waals surface area contributed by atoms with Crippen LogP contribution in [0, 0.1) is 17.3 Å². The second kappa shape index (κ2) is 33.8. The van der Waals surface area contributed by atoms with Gasteiger partial charge in [0, 0.05) is 78.1 Å². The van der Waals surface area contributed by atoms with Crippen LogP contribution in [0.5, 0.6) is 0 Å². The van der Waals surface area contributed by atoms with Gasteiger partial charge in [-0.3, -0.25) is 9.59 Å². The van der Waals surface area contributed by atoms with E-state index in [1.165, 1.54) is 20.3 Å². The lowest BCUT2D eigenvalue weighted by Crippen LogP contribution is -2.71. The number of hydrogen-bond acceptors (Lipinski definition) is 20. The van der Waals surface area contributed by atoms with Crippen molar-refractivity contribution < 1.29 is 101 Å². The smallest absolute Gasteiger partial charge is 0.328 e. The van der Waals surface area contributed by atoms with Gasteiger partial charge in [0.15, 0.2) is 25.0 Å². The third kappa shape index (κ3) is 19.1. The van der Waals surface area contributed by atoms with Crippen molar-refractivity contribution in [3.8, 4) is 0 Å². The zero-order chi connectivity index (χ0) is 63.6. The number of ether oxygens (including phenoxy) is 13. The van der Waals surface area contributed by atoms with Crippen LogP contribution in [-0.2, 0) is 82.4 Å². The van der Waals surface area contributed by atoms with Crippen LogP contribution in [0.1, 0.15) is 86.6 Å². The summed E-state index contributed by atoms with van der Waals surface area (Å²) in [4.78, 5) is 39.5. The van der Waals surface area contributed by atoms with Gasteiger partial charge in [-0.2, -0.15) is 0 Å². The normalized spacial score (nSPS) is 36.3. The van der Waals surface area contributed by atoms with E-state index >= 15 is 0 Å². The van der Waals surface area contributed by atoms with Crippen molar-refractivity contribution in [1.82, 2.24) is 5.32 Å². The highest BCUT2D eigenvalue weighted by atomic mass is 16.7. The zero-order valence-electron chi connectivity index (χ0n) is 52.2. The van der Waals surface area contributed by atoms with Crippen LogP contribution >= 0.6 is 0 Å². The average Bonchev–Trinajstić information content (AvgIpc) is 1.73. The Morgan fingerprint density at radius 1 is 0.759 bits per heavy atom. The topological polar surface area (TPSA) is 284 Å². The molecule has 0 aromatic heterocycles. The molecular weight excluding hydrogens is 1130 g/mol. The first kappa shape index (κ1) is 71.2. The van der Waals surface area contributed by atoms with Crippen molar-refractivity contribution in [2.45, 2.75) is 210 Å². The summed E-state index contributed by atoms with van der Waals surface area (Å²) < 4.78 is 80.6. The van der Waals surface area contributed by atoms with E-state index in [0.29, 0.717) is 18.4 Å². The summed E-state index contributed by atoms with van der Waals surface area (Å²) in [6, 6.07) is 8.84. The summed E-state index contributed by atoms with van der Waals surface area (Å²) in [6.45, 7) is 13.9. The van der Waals surface area contributed by atoms with E-state index in [-0.39, 0.29) is 37.8 Å². The molecule has 5 fully saturated rings. The van der Waals surface area contributed by atoms with Gasteiger partial charge >= 0.3 is 11.9 Å². The number of hydrogen-bond donors (Lipinski definition) is 6. The van der Waals surface area contributed by atoms with Crippen LogP contribution in [0.4, 0.5) is 0 Å². The number of methoxy groups -OCH3 is 4. The molecule has 1 aromatic carbocycles. The van der Waals surface area contributed by atoms with E-state index in [1.54, 1.807) is 133 Å². The number of allylic oxidation sites excluding steroid dienone is 9. The van der Waals surface area contributed by atoms with E-state index in [2.05, 4.69) is 5.32 Å². The Bertz CT molecular complexity index is 2530. The Morgan fingerprint density at radius 2 is 1.36 bits per heavy atom. The number of carboxylic acid groups (broad SMARTS) is 1. The van der Waals surface area contributed by atoms with Crippen molar-refractivity contribution >= 4 is 17.8 Å². The van der Waals surface area contributed by atoms with Crippen molar-refractivity contribution in [2.24, 2.45) is 17.3 Å². The van der Waals surface area contributed by atoms with E-state index in [1.807, 2.05) is 33.8 Å². The summed E-state index contributed by atoms with van der Waals surface area (Å²) in [5, 5.41) is 58.5. The molecule has 0 bridgehead atoms. The molecule has 22 nitrogen and oxygen atoms in total. The molecule has 0 saturated carbocycles. The first-order chi connectivity index (χ1) is 41.5. The Kier molecular flexibility index (Phi) is 27.7. The van der Waals surface area contributed by atoms with Crippen LogP contribution < -0.4 is 5.32 Å². The quantitative estimate of drug-likeness (QED) is 0.0343. The van der Waals surface area contributed by atoms with Gasteiger partial charge < -0.3 is 92.4 Å². The van der Waals surface area contributed by atoms with Crippen LogP contribution in [0.2, 0.25) is 0 Å². The molecule has 5 saturated heterocycles. The lowest BCUT2D eigenvalue weighted by molar-refractivity contribution is -0.368. The van der Waals surface area contributed by atoms with Crippen molar-refractivity contribution in [2.75, 3.05) is 41.6 Å². The number of rotatable bonds is 28. The minimum atomic E-state index is -2.71. The minimum absolute atomic E-state index is 0.0572. The fourth-order valence-electron chi connectivity index (χ4n) is 11.8. The number of esters is 1. The maximum atomic E-state index is 14.9. The third-order valence-corrected chi connectivity index (χ3v) is 16.9. The predicted octanol–water partition coefficient (Wildman–Crippen LogP) is 5.50. The minimum Gasteiger partial charge on any atom is -0.478 e. The molecule has 5 aliphatic rings. The number of aliphatic carboxylic acids is 1. The monoisotopic (exact) mass is 1230 g/mol. The number of carboxylic acids is 1. The molecule has 0 spiro atoms. The van der Waals surface area contributed by atoms with Gasteiger partial charge in [0.05, 0.1) is 74.1 Å². The Hall–Kier alpha value is -4.83. The van der Waals surface area contributed by atoms with Crippen LogP contribution in [0.3, 0.4) is 0 Å². The van der Waals surface area contributed by atoms with Crippen molar-refractivity contribution in [3.05, 3.63) is 120 Å². The predicted molar refractivity (Wildman–Crippen MR) is 318 cm³/mol. The van der Waals surface area contributed by atoms with Gasteiger partial charge in [0.2, 0.25) is 11.7 Å². The highest BCUT2D eigenvalue weighted by Gasteiger charge is 2.63. The van der Waals surface area contributed by atoms with Crippen LogP contribution in [-0.4, -0.2) is 207 Å². The maximum Gasteiger partial charge on any atom is 0.328 e. The average molecular weight is 1230 g/mol. The molecule has 5 aliphatic heterocycles. The van der Waals surface area contributed by atoms with Crippen LogP contribution in [0.25, 0.3) is 0 Å². The number of aliphatic hydroxyl groups excluding tert-OH is 3. The van der Waals surface area contributed by atoms with Gasteiger partial charge in [-0.1, -0.05) is 124 Å². The largest absolute Gasteiger partial charge is 0.478 e. The molecule has 486 valence electrons. The highest BCUT2D eigenvalue weighted by molar-refractivity contribution is 5.81. The van der Waals surface area contributed by atoms with Gasteiger partial charge in [-0.05, 0) is 45.8 Å². The standard InChI is InChI=1S/C65H95NO21/c1-13-14-18-29-51-64(7,8)61(72)62(84-53(70)32-43-26-19-17-20-27-43)65(74,87-51)44(63(73)66-31-24-23-25-38(2)58(78-12)39(3)47-33-45(67)46(83-47)28-21-15-16-22-30-52(68)69)37-79-54-35-49(76-10)59(41(5)81-54)86-56-36-50(77-11)60(42(6)82-56)85-55-34-48(75-9)57(71)40(4)80-55/h13-30,39-42,44-51,54-62,67,71-72,74H,31-37H2,1-12H3,(H,66,73)(H,68,69)/b14-13-,16-15+,24-23+,28-21+,29-18+,30-22+,38-25+/t39-,40-,41-,42-,44+,45-,46-,47+,48-,49-,50+,51-,54+,55-,56+,57+,58+,59+,60-,61-,62+,65+/m0/s1. The molecule has 22 heteroatoms. The second-order valence-corrected chi connectivity index (χ2v) is 23.5. The number of benzene rings is 1. The molecule has 1 amide bonds. The van der Waals surface area contributed by atoms with E-state index < -0.39 is 152 Å². The van der Waals surface area contributed by atoms with Gasteiger partial charge in [-0.15, -0.1) is 0 Å². The molecule has 22 atom stereocenters. The second-order valence-electron chi connectivity index (χ2n) is 23.5. The molecule has 5 heterocycles. The molecule has 6 N–H and O–H groups in total. The van der Waals surface area contributed by atoms with Crippen molar-refractivity contribution in [1.29, 1.82) is 0 Å². The van der Waals surface area contributed by atoms with E-state index in [4.69, 9.17) is 66.7 Å². The maximum absolute atomic E-state index is 14.9. The summed E-state index contributed by atoms with van der Waals surface area (Å²) in [5.41, 5.74) is 0.265. The molecule has 1 aromatic rings. The fourth-order valence-corrected chi connectivity index (χ4v) is 11.8. The summed E-state index contributed by atoms with van der Waals surface area (Å²) >= 11 is 0. The summed E-state index contributed by atoms with van der Waals surface area (Å²) in [5.74, 6) is -7.19. The van der Waals surface area contributed by atoms with Gasteiger partial charge in [0.25, 0.3) is 0 Å². The molecule has 6 rings (SSSR count). The highest BCUT2D eigenvalue weighted by Crippen LogP contribution is 2.46. The lowest BCUT2D eigenvalue weighted by Gasteiger charge is -2.54. The summed E-state index contributed by atoms with van der Waals surface area (Å²) in [6.07, 6.45) is 7.66. The van der Waals surface area contributed by atoms with E-state index in [0.717, 1.165) is 11.6 Å². The molecule has 0 radical (unpaired) electrons. The summed E-state index contributed by atoms with van der Waals surface area (Å²) in [7, 11) is 6.24. The molecule has 87 heavy (non-hydrogen) atoms. The fraction of sp³-hybridized carbons (Fsp3) is 0.646. The first-order valence-electron chi connectivity index (χ1n) is 30.0. The number of carbonyl (C=O) groups is 3. The lowest BCUT2D eigenvalue weighted by atomic mass is 9.71. The van der Waals surface area contributed by atoms with E-state index in [9.17, 15) is 34.8 Å². The number of amides is 1. The Balaban J connectivity index is 1.19. The van der Waals surface area contributed by atoms with Crippen LogP contribution in [0.15, 0.2) is 115 Å². The number of carbonyl (C=O) groups excluding carboxylic acids is 2. The Labute approximate surface area is 512 Å². The number of aliphatic hydroxyl groups is 4. The molecule has 0 aliphatic carbocycles. The SMILES string of the molecule is C/C=C\C=C\[C@@H]1O[C@](O)([C@H](CO[C@H]2C[C@H](OC)[C@H](O[C@@H]3C[C@@H](OC)[C@@H](O[C@H]4C[C@H](OC)[C@H](O)[C@H](C)O4)[C@H](C)O3)[C@H](C)O2)C(=O)NC/C=C/C=C(\C)[C@@H](OC)[C@@H](C)[C@H]2C[C@H](O)[C@H](/C=C/C=C/C=C/C(=O)O)O2)[C@H](OC(=O)Cc2ccccc2)[C@H](O)C1(C)C. The number of nitrogens with one attached hydrogen (secondary N) is 1. The molecular formula is C65H95NO21. The molecule has 0 unspecified atom stereocenters. The third-order valence-electron chi connectivity index (χ3n) is 16.9.